The second-order valence-corrected chi connectivity index (χ2v) is 4.51. The van der Waals surface area contributed by atoms with Crippen molar-refractivity contribution < 1.29 is 4.39 Å². The van der Waals surface area contributed by atoms with Crippen LogP contribution >= 0.6 is 11.6 Å². The zero-order valence-corrected chi connectivity index (χ0v) is 8.87. The number of hydrogen-bond acceptors (Lipinski definition) is 1. The van der Waals surface area contributed by atoms with Gasteiger partial charge in [0, 0.05) is 5.54 Å². The summed E-state index contributed by atoms with van der Waals surface area (Å²) in [7, 11) is 0. The number of aryl methyl sites for hydroxylation is 1. The van der Waals surface area contributed by atoms with Gasteiger partial charge in [0.1, 0.15) is 5.82 Å². The van der Waals surface area contributed by atoms with Crippen LogP contribution in [0.1, 0.15) is 30.4 Å². The second-order valence-electron chi connectivity index (χ2n) is 4.10. The summed E-state index contributed by atoms with van der Waals surface area (Å²) in [6.45, 7) is 1.72. The van der Waals surface area contributed by atoms with Crippen LogP contribution in [0.4, 0.5) is 4.39 Å². The summed E-state index contributed by atoms with van der Waals surface area (Å²) in [5.74, 6) is -0.335. The van der Waals surface area contributed by atoms with Gasteiger partial charge in [-0.2, -0.15) is 0 Å². The topological polar surface area (TPSA) is 26.0 Å². The van der Waals surface area contributed by atoms with E-state index in [0.717, 1.165) is 24.8 Å². The minimum Gasteiger partial charge on any atom is -0.321 e. The Labute approximate surface area is 88.1 Å². The first kappa shape index (κ1) is 9.94. The van der Waals surface area contributed by atoms with Crippen molar-refractivity contribution in [2.75, 3.05) is 0 Å². The highest BCUT2D eigenvalue weighted by Gasteiger charge is 2.34. The zero-order valence-electron chi connectivity index (χ0n) is 8.11. The SMILES string of the molecule is Cc1cc(C2(N)CCC2)cc(Cl)c1F. The predicted molar refractivity (Wildman–Crippen MR) is 55.9 cm³/mol. The van der Waals surface area contributed by atoms with E-state index in [0.29, 0.717) is 5.56 Å². The molecule has 1 aromatic rings. The largest absolute Gasteiger partial charge is 0.321 e. The molecule has 14 heavy (non-hydrogen) atoms. The Morgan fingerprint density at radius 1 is 1.43 bits per heavy atom. The van der Waals surface area contributed by atoms with Gasteiger partial charge in [-0.3, -0.25) is 0 Å². The molecule has 0 unspecified atom stereocenters. The molecule has 2 N–H and O–H groups in total. The van der Waals surface area contributed by atoms with Crippen molar-refractivity contribution in [3.63, 3.8) is 0 Å². The van der Waals surface area contributed by atoms with E-state index in [-0.39, 0.29) is 16.4 Å². The van der Waals surface area contributed by atoms with E-state index in [4.69, 9.17) is 17.3 Å². The first-order valence-corrected chi connectivity index (χ1v) is 5.16. The molecule has 1 aliphatic carbocycles. The molecular weight excluding hydrogens is 201 g/mol. The first-order valence-electron chi connectivity index (χ1n) is 4.78. The molecular formula is C11H13ClFN. The lowest BCUT2D eigenvalue weighted by atomic mass is 9.72. The Kier molecular flexibility index (Phi) is 2.28. The van der Waals surface area contributed by atoms with Crippen molar-refractivity contribution in [1.82, 2.24) is 0 Å². The van der Waals surface area contributed by atoms with Crippen LogP contribution in [-0.2, 0) is 5.54 Å². The summed E-state index contributed by atoms with van der Waals surface area (Å²) in [6.07, 6.45) is 3.08. The summed E-state index contributed by atoms with van der Waals surface area (Å²) in [4.78, 5) is 0. The molecule has 1 aromatic carbocycles. The third-order valence-corrected chi connectivity index (χ3v) is 3.31. The van der Waals surface area contributed by atoms with Crippen molar-refractivity contribution in [3.8, 4) is 0 Å². The van der Waals surface area contributed by atoms with Crippen LogP contribution < -0.4 is 5.73 Å². The van der Waals surface area contributed by atoms with E-state index in [1.54, 1.807) is 19.1 Å². The van der Waals surface area contributed by atoms with Crippen molar-refractivity contribution in [1.29, 1.82) is 0 Å². The fraction of sp³-hybridized carbons (Fsp3) is 0.455. The molecule has 1 saturated carbocycles. The van der Waals surface area contributed by atoms with Gasteiger partial charge < -0.3 is 5.73 Å². The number of benzene rings is 1. The Bertz CT molecular complexity index is 349. The highest BCUT2D eigenvalue weighted by atomic mass is 35.5. The maximum absolute atomic E-state index is 13.2. The Balaban J connectivity index is 2.45. The van der Waals surface area contributed by atoms with E-state index in [9.17, 15) is 4.39 Å². The summed E-state index contributed by atoms with van der Waals surface area (Å²) in [5.41, 5.74) is 7.41. The number of halogens is 2. The van der Waals surface area contributed by atoms with Crippen LogP contribution in [-0.4, -0.2) is 0 Å². The smallest absolute Gasteiger partial charge is 0.144 e. The van der Waals surface area contributed by atoms with Gasteiger partial charge in [0.25, 0.3) is 0 Å². The number of rotatable bonds is 1. The van der Waals surface area contributed by atoms with E-state index in [1.807, 2.05) is 0 Å². The fourth-order valence-electron chi connectivity index (χ4n) is 1.86. The lowest BCUT2D eigenvalue weighted by molar-refractivity contribution is 0.253. The van der Waals surface area contributed by atoms with Crippen molar-refractivity contribution >= 4 is 11.6 Å². The van der Waals surface area contributed by atoms with Crippen LogP contribution in [0.3, 0.4) is 0 Å². The molecule has 3 heteroatoms. The maximum Gasteiger partial charge on any atom is 0.144 e. The summed E-state index contributed by atoms with van der Waals surface area (Å²) >= 11 is 5.78. The quantitative estimate of drug-likeness (QED) is 0.762. The third-order valence-electron chi connectivity index (χ3n) is 3.03. The van der Waals surface area contributed by atoms with Crippen LogP contribution in [0.25, 0.3) is 0 Å². The van der Waals surface area contributed by atoms with Gasteiger partial charge in [-0.05, 0) is 43.4 Å². The number of nitrogens with two attached hydrogens (primary N) is 1. The summed E-state index contributed by atoms with van der Waals surface area (Å²) < 4.78 is 13.2. The molecule has 0 radical (unpaired) electrons. The molecule has 0 aliphatic heterocycles. The Morgan fingerprint density at radius 2 is 2.07 bits per heavy atom. The molecule has 1 nitrogen and oxygen atoms in total. The van der Waals surface area contributed by atoms with Gasteiger partial charge in [-0.15, -0.1) is 0 Å². The Hall–Kier alpha value is -0.600. The van der Waals surface area contributed by atoms with Crippen molar-refractivity contribution in [2.45, 2.75) is 31.7 Å². The molecule has 0 bridgehead atoms. The van der Waals surface area contributed by atoms with Gasteiger partial charge in [0.15, 0.2) is 0 Å². The molecule has 0 amide bonds. The van der Waals surface area contributed by atoms with Crippen LogP contribution in [0.15, 0.2) is 12.1 Å². The molecule has 2 rings (SSSR count). The lowest BCUT2D eigenvalue weighted by Gasteiger charge is -2.39. The van der Waals surface area contributed by atoms with Gasteiger partial charge in [-0.25, -0.2) is 4.39 Å². The summed E-state index contributed by atoms with van der Waals surface area (Å²) in [6, 6.07) is 3.46. The minimum atomic E-state index is -0.335. The summed E-state index contributed by atoms with van der Waals surface area (Å²) in [5, 5.41) is 0.178. The fourth-order valence-corrected chi connectivity index (χ4v) is 2.13. The standard InChI is InChI=1S/C11H13ClFN/c1-7-5-8(6-9(12)10(7)13)11(14)3-2-4-11/h5-6H,2-4,14H2,1H3. The van der Waals surface area contributed by atoms with Gasteiger partial charge in [-0.1, -0.05) is 17.7 Å². The molecule has 0 heterocycles. The minimum absolute atomic E-state index is 0.178. The normalized spacial score (nSPS) is 19.1. The third kappa shape index (κ3) is 1.43. The van der Waals surface area contributed by atoms with Gasteiger partial charge in [0.2, 0.25) is 0 Å². The lowest BCUT2D eigenvalue weighted by Crippen LogP contribution is -2.43. The van der Waals surface area contributed by atoms with Gasteiger partial charge in [0.05, 0.1) is 5.02 Å². The second kappa shape index (κ2) is 3.21. The predicted octanol–water partition coefficient (Wildman–Crippen LogP) is 3.13. The zero-order chi connectivity index (χ0) is 10.3. The molecule has 1 aliphatic rings. The molecule has 0 saturated heterocycles. The first-order chi connectivity index (χ1) is 6.53. The Morgan fingerprint density at radius 3 is 2.50 bits per heavy atom. The monoisotopic (exact) mass is 213 g/mol. The van der Waals surface area contributed by atoms with Crippen LogP contribution in [0.5, 0.6) is 0 Å². The molecule has 0 aromatic heterocycles. The maximum atomic E-state index is 13.2. The highest BCUT2D eigenvalue weighted by molar-refractivity contribution is 6.30. The van der Waals surface area contributed by atoms with E-state index < -0.39 is 0 Å². The van der Waals surface area contributed by atoms with Crippen molar-refractivity contribution in [3.05, 3.63) is 34.1 Å². The molecule has 0 atom stereocenters. The van der Waals surface area contributed by atoms with E-state index in [1.165, 1.54) is 0 Å². The van der Waals surface area contributed by atoms with E-state index >= 15 is 0 Å². The van der Waals surface area contributed by atoms with Crippen LogP contribution in [0.2, 0.25) is 5.02 Å². The van der Waals surface area contributed by atoms with E-state index in [2.05, 4.69) is 0 Å². The molecule has 76 valence electrons. The number of hydrogen-bond donors (Lipinski definition) is 1. The average Bonchev–Trinajstić information content (AvgIpc) is 2.09. The van der Waals surface area contributed by atoms with Crippen molar-refractivity contribution in [2.24, 2.45) is 5.73 Å². The molecule has 0 spiro atoms. The molecule has 1 fully saturated rings. The average molecular weight is 214 g/mol. The highest BCUT2D eigenvalue weighted by Crippen LogP contribution is 2.40. The van der Waals surface area contributed by atoms with Gasteiger partial charge >= 0.3 is 0 Å². The van der Waals surface area contributed by atoms with Crippen LogP contribution in [0, 0.1) is 12.7 Å².